The first-order valence-corrected chi connectivity index (χ1v) is 10.2. The van der Waals surface area contributed by atoms with Crippen molar-refractivity contribution in [3.8, 4) is 0 Å². The van der Waals surface area contributed by atoms with Crippen LogP contribution in [0.3, 0.4) is 0 Å². The van der Waals surface area contributed by atoms with Crippen LogP contribution in [0.15, 0.2) is 34.3 Å². The second-order valence-electron chi connectivity index (χ2n) is 6.06. The number of nitrogens with one attached hydrogen (secondary N) is 2. The lowest BCUT2D eigenvalue weighted by atomic mass is 10.1. The number of thioether (sulfide) groups is 1. The number of benzene rings is 1. The van der Waals surface area contributed by atoms with Gasteiger partial charge in [-0.05, 0) is 37.1 Å². The van der Waals surface area contributed by atoms with E-state index < -0.39 is 10.0 Å². The van der Waals surface area contributed by atoms with Crippen LogP contribution in [-0.4, -0.2) is 24.2 Å². The van der Waals surface area contributed by atoms with Gasteiger partial charge in [0, 0.05) is 5.69 Å². The van der Waals surface area contributed by atoms with Crippen molar-refractivity contribution in [2.24, 2.45) is 10.2 Å². The van der Waals surface area contributed by atoms with E-state index in [0.717, 1.165) is 25.7 Å². The normalized spacial score (nSPS) is 20.1. The fourth-order valence-electron chi connectivity index (χ4n) is 2.91. The van der Waals surface area contributed by atoms with E-state index in [1.165, 1.54) is 48.9 Å². The molecule has 1 spiro atoms. The van der Waals surface area contributed by atoms with E-state index >= 15 is 0 Å². The predicted molar refractivity (Wildman–Crippen MR) is 95.0 cm³/mol. The summed E-state index contributed by atoms with van der Waals surface area (Å²) in [5.41, 5.74) is 3.65. The molecule has 0 radical (unpaired) electrons. The van der Waals surface area contributed by atoms with Crippen LogP contribution in [-0.2, 0) is 14.8 Å². The van der Waals surface area contributed by atoms with E-state index in [1.807, 2.05) is 0 Å². The minimum Gasteiger partial charge on any atom is -0.320 e. The molecule has 1 fully saturated rings. The van der Waals surface area contributed by atoms with Gasteiger partial charge in [0.15, 0.2) is 5.04 Å². The molecule has 24 heavy (non-hydrogen) atoms. The van der Waals surface area contributed by atoms with Gasteiger partial charge in [0.2, 0.25) is 10.0 Å². The molecule has 1 saturated carbocycles. The number of carbonyl (C=O) groups is 1. The Morgan fingerprint density at radius 2 is 1.79 bits per heavy atom. The maximum atomic E-state index is 12.4. The van der Waals surface area contributed by atoms with Crippen molar-refractivity contribution in [1.82, 2.24) is 5.43 Å². The summed E-state index contributed by atoms with van der Waals surface area (Å²) >= 11 is 1.49. The summed E-state index contributed by atoms with van der Waals surface area (Å²) in [5.74, 6) is -0.294. The molecule has 1 aliphatic heterocycles. The number of nitrogens with zero attached hydrogens (tertiary/aromatic N) is 1. The van der Waals surface area contributed by atoms with Crippen molar-refractivity contribution in [3.63, 3.8) is 0 Å². The molecular weight excluding hydrogens is 348 g/mol. The topological polar surface area (TPSA) is 114 Å². The number of hydrogen-bond acceptors (Lipinski definition) is 6. The first-order valence-electron chi connectivity index (χ1n) is 7.86. The number of hydrazone groups is 1. The summed E-state index contributed by atoms with van der Waals surface area (Å²) < 4.78 is 22.5. The number of rotatable bonds is 3. The van der Waals surface area contributed by atoms with Crippen molar-refractivity contribution < 1.29 is 13.2 Å². The Morgan fingerprint density at radius 1 is 1.17 bits per heavy atom. The lowest BCUT2D eigenvalue weighted by molar-refractivity contribution is -0.110. The molecule has 1 amide bonds. The number of anilines is 1. The zero-order valence-corrected chi connectivity index (χ0v) is 14.8. The molecule has 0 bridgehead atoms. The fourth-order valence-corrected chi connectivity index (χ4v) is 4.61. The number of nitrogens with two attached hydrogens (primary N) is 1. The van der Waals surface area contributed by atoms with Crippen LogP contribution >= 0.6 is 11.8 Å². The molecule has 9 heteroatoms. The Hall–Kier alpha value is -1.58. The Balaban J connectivity index is 1.63. The third-order valence-corrected chi connectivity index (χ3v) is 6.49. The molecule has 1 aromatic carbocycles. The number of carbonyl (C=O) groups excluding carboxylic acids is 1. The van der Waals surface area contributed by atoms with Crippen LogP contribution in [0.4, 0.5) is 5.69 Å². The van der Waals surface area contributed by atoms with Crippen LogP contribution in [0.5, 0.6) is 0 Å². The van der Waals surface area contributed by atoms with Gasteiger partial charge < -0.3 is 5.32 Å². The summed E-state index contributed by atoms with van der Waals surface area (Å²) in [6.45, 7) is 0. The number of primary sulfonamides is 1. The lowest BCUT2D eigenvalue weighted by Crippen LogP contribution is -2.35. The molecule has 130 valence electrons. The summed E-state index contributed by atoms with van der Waals surface area (Å²) in [4.78, 5) is 12.2. The SMILES string of the molecule is NS(=O)(=O)c1ccc(NC(=O)C2=NNC3(CCCCCC3)S2)cc1. The minimum absolute atomic E-state index is 0.00663. The summed E-state index contributed by atoms with van der Waals surface area (Å²) in [6.07, 6.45) is 6.73. The van der Waals surface area contributed by atoms with Gasteiger partial charge in [-0.25, -0.2) is 13.6 Å². The summed E-state index contributed by atoms with van der Waals surface area (Å²) in [6, 6.07) is 5.73. The highest BCUT2D eigenvalue weighted by Crippen LogP contribution is 2.40. The average Bonchev–Trinajstić information content (AvgIpc) is 2.80. The van der Waals surface area contributed by atoms with Crippen molar-refractivity contribution >= 4 is 38.4 Å². The Morgan fingerprint density at radius 3 is 2.38 bits per heavy atom. The van der Waals surface area contributed by atoms with Gasteiger partial charge in [-0.1, -0.05) is 37.4 Å². The highest BCUT2D eigenvalue weighted by Gasteiger charge is 2.39. The van der Waals surface area contributed by atoms with Crippen molar-refractivity contribution in [2.75, 3.05) is 5.32 Å². The van der Waals surface area contributed by atoms with Gasteiger partial charge in [0.1, 0.15) is 4.87 Å². The molecule has 7 nitrogen and oxygen atoms in total. The lowest BCUT2D eigenvalue weighted by Gasteiger charge is -2.25. The summed E-state index contributed by atoms with van der Waals surface area (Å²) in [7, 11) is -3.74. The third kappa shape index (κ3) is 3.90. The number of sulfonamides is 1. The van der Waals surface area contributed by atoms with E-state index in [2.05, 4.69) is 15.8 Å². The van der Waals surface area contributed by atoms with Crippen LogP contribution in [0.1, 0.15) is 38.5 Å². The maximum Gasteiger partial charge on any atom is 0.282 e. The Bertz CT molecular complexity index is 751. The van der Waals surface area contributed by atoms with Crippen LogP contribution < -0.4 is 15.9 Å². The molecule has 1 heterocycles. The van der Waals surface area contributed by atoms with E-state index in [4.69, 9.17) is 5.14 Å². The first kappa shape index (κ1) is 17.2. The maximum absolute atomic E-state index is 12.4. The Labute approximate surface area is 145 Å². The molecule has 3 rings (SSSR count). The van der Waals surface area contributed by atoms with Gasteiger partial charge in [0.25, 0.3) is 5.91 Å². The Kier molecular flexibility index (Phi) is 4.84. The van der Waals surface area contributed by atoms with Crippen LogP contribution in [0.25, 0.3) is 0 Å². The quantitative estimate of drug-likeness (QED) is 0.755. The minimum atomic E-state index is -3.74. The van der Waals surface area contributed by atoms with E-state index in [-0.39, 0.29) is 15.7 Å². The molecule has 0 saturated heterocycles. The van der Waals surface area contributed by atoms with E-state index in [9.17, 15) is 13.2 Å². The predicted octanol–water partition coefficient (Wildman–Crippen LogP) is 1.97. The zero-order valence-electron chi connectivity index (χ0n) is 13.1. The number of amides is 1. The molecule has 2 aliphatic rings. The summed E-state index contributed by atoms with van der Waals surface area (Å²) in [5, 5.41) is 12.4. The van der Waals surface area contributed by atoms with Crippen LogP contribution in [0.2, 0.25) is 0 Å². The van der Waals surface area contributed by atoms with Crippen molar-refractivity contribution in [1.29, 1.82) is 0 Å². The van der Waals surface area contributed by atoms with E-state index in [1.54, 1.807) is 0 Å². The van der Waals surface area contributed by atoms with E-state index in [0.29, 0.717) is 10.7 Å². The van der Waals surface area contributed by atoms with Gasteiger partial charge >= 0.3 is 0 Å². The largest absolute Gasteiger partial charge is 0.320 e. The smallest absolute Gasteiger partial charge is 0.282 e. The standard InChI is InChI=1S/C15H20N4O3S2/c16-24(21,22)12-7-5-11(6-8-12)17-13(20)14-18-19-15(23-14)9-3-1-2-4-10-15/h5-8,19H,1-4,9-10H2,(H,17,20)(H2,16,21,22). The molecule has 1 aromatic rings. The molecule has 4 N–H and O–H groups in total. The second-order valence-corrected chi connectivity index (χ2v) is 9.00. The fraction of sp³-hybridized carbons (Fsp3) is 0.467. The third-order valence-electron chi connectivity index (χ3n) is 4.20. The molecule has 0 unspecified atom stereocenters. The molecule has 0 atom stereocenters. The highest BCUT2D eigenvalue weighted by molar-refractivity contribution is 8.17. The van der Waals surface area contributed by atoms with Gasteiger partial charge in [-0.2, -0.15) is 5.10 Å². The zero-order chi connectivity index (χ0) is 17.2. The first-order chi connectivity index (χ1) is 11.4. The number of hydrogen-bond donors (Lipinski definition) is 3. The van der Waals surface area contributed by atoms with Gasteiger partial charge in [-0.3, -0.25) is 10.2 Å². The van der Waals surface area contributed by atoms with Gasteiger partial charge in [-0.15, -0.1) is 0 Å². The molecular formula is C15H20N4O3S2. The second kappa shape index (κ2) is 6.73. The molecule has 0 aromatic heterocycles. The van der Waals surface area contributed by atoms with Crippen LogP contribution in [0, 0.1) is 0 Å². The van der Waals surface area contributed by atoms with Crippen molar-refractivity contribution in [3.05, 3.63) is 24.3 Å². The highest BCUT2D eigenvalue weighted by atomic mass is 32.2. The monoisotopic (exact) mass is 368 g/mol. The van der Waals surface area contributed by atoms with Crippen molar-refractivity contribution in [2.45, 2.75) is 48.3 Å². The molecule has 1 aliphatic carbocycles. The van der Waals surface area contributed by atoms with Gasteiger partial charge in [0.05, 0.1) is 4.90 Å². The average molecular weight is 368 g/mol.